The summed E-state index contributed by atoms with van der Waals surface area (Å²) in [4.78, 5) is 11.7. The van der Waals surface area contributed by atoms with Crippen LogP contribution in [0.2, 0.25) is 0 Å². The molecule has 1 aliphatic rings. The maximum atomic E-state index is 11.7. The molecule has 0 aromatic heterocycles. The second kappa shape index (κ2) is 7.70. The zero-order valence-corrected chi connectivity index (χ0v) is 12.8. The highest BCUT2D eigenvalue weighted by Gasteiger charge is 2.22. The number of nitrogens with one attached hydrogen (secondary N) is 1. The first-order valence-corrected chi connectivity index (χ1v) is 8.37. The lowest BCUT2D eigenvalue weighted by atomic mass is 10.1. The van der Waals surface area contributed by atoms with Gasteiger partial charge in [-0.2, -0.15) is 0 Å². The summed E-state index contributed by atoms with van der Waals surface area (Å²) in [6.07, 6.45) is 2.57. The second-order valence-corrected chi connectivity index (χ2v) is 6.60. The zero-order valence-electron chi connectivity index (χ0n) is 12.0. The summed E-state index contributed by atoms with van der Waals surface area (Å²) in [7, 11) is 0. The van der Waals surface area contributed by atoms with Gasteiger partial charge in [-0.3, -0.25) is 4.79 Å². The third-order valence-corrected chi connectivity index (χ3v) is 4.69. The van der Waals surface area contributed by atoms with Crippen molar-refractivity contribution in [3.8, 4) is 0 Å². The van der Waals surface area contributed by atoms with E-state index >= 15 is 0 Å². The van der Waals surface area contributed by atoms with Gasteiger partial charge in [-0.25, -0.2) is 0 Å². The van der Waals surface area contributed by atoms with Crippen molar-refractivity contribution in [1.82, 2.24) is 5.32 Å². The number of hydrogen-bond acceptors (Lipinski definition) is 3. The van der Waals surface area contributed by atoms with Crippen molar-refractivity contribution in [2.24, 2.45) is 5.92 Å². The van der Waals surface area contributed by atoms with Gasteiger partial charge in [0.25, 0.3) is 0 Å². The van der Waals surface area contributed by atoms with Crippen LogP contribution < -0.4 is 5.32 Å². The fourth-order valence-electron chi connectivity index (χ4n) is 2.61. The highest BCUT2D eigenvalue weighted by atomic mass is 32.2. The van der Waals surface area contributed by atoms with Crippen LogP contribution in [0.1, 0.15) is 30.4 Å². The van der Waals surface area contributed by atoms with Gasteiger partial charge in [0.1, 0.15) is 0 Å². The Morgan fingerprint density at radius 1 is 1.45 bits per heavy atom. The number of carbonyl (C=O) groups excluding carboxylic acids is 1. The van der Waals surface area contributed by atoms with Gasteiger partial charge in [-0.15, -0.1) is 11.8 Å². The third kappa shape index (κ3) is 5.17. The van der Waals surface area contributed by atoms with Gasteiger partial charge in [0, 0.05) is 12.3 Å². The lowest BCUT2D eigenvalue weighted by Gasteiger charge is -2.10. The van der Waals surface area contributed by atoms with E-state index in [1.54, 1.807) is 11.8 Å². The molecule has 1 aliphatic carbocycles. The van der Waals surface area contributed by atoms with Crippen LogP contribution >= 0.6 is 11.8 Å². The zero-order chi connectivity index (χ0) is 14.4. The Bertz CT molecular complexity index is 450. The number of amides is 1. The number of carbonyl (C=O) groups is 1. The predicted molar refractivity (Wildman–Crippen MR) is 83.7 cm³/mol. The molecule has 3 nitrogen and oxygen atoms in total. The Hall–Kier alpha value is -1.00. The van der Waals surface area contributed by atoms with E-state index in [9.17, 15) is 9.90 Å². The van der Waals surface area contributed by atoms with Crippen molar-refractivity contribution in [2.45, 2.75) is 38.0 Å². The van der Waals surface area contributed by atoms with Gasteiger partial charge >= 0.3 is 0 Å². The standard InChI is InChI=1S/C16H23NO2S/c1-12-3-2-4-14(7-12)10-20-11-16(19)17-9-13-5-6-15(18)8-13/h2-4,7,13,15,18H,5-6,8-11H2,1H3,(H,17,19). The molecule has 0 saturated heterocycles. The van der Waals surface area contributed by atoms with Crippen LogP contribution in [0, 0.1) is 12.8 Å². The lowest BCUT2D eigenvalue weighted by molar-refractivity contribution is -0.118. The highest BCUT2D eigenvalue weighted by molar-refractivity contribution is 7.99. The predicted octanol–water partition coefficient (Wildman–Crippen LogP) is 2.51. The van der Waals surface area contributed by atoms with Crippen molar-refractivity contribution in [2.75, 3.05) is 12.3 Å². The molecule has 2 atom stereocenters. The minimum Gasteiger partial charge on any atom is -0.393 e. The van der Waals surface area contributed by atoms with Crippen LogP contribution in [0.4, 0.5) is 0 Å². The first kappa shape index (κ1) is 15.4. The summed E-state index contributed by atoms with van der Waals surface area (Å²) in [6, 6.07) is 8.39. The Balaban J connectivity index is 1.60. The van der Waals surface area contributed by atoms with Crippen LogP contribution in [0.25, 0.3) is 0 Å². The lowest BCUT2D eigenvalue weighted by Crippen LogP contribution is -2.30. The van der Waals surface area contributed by atoms with Crippen molar-refractivity contribution >= 4 is 17.7 Å². The highest BCUT2D eigenvalue weighted by Crippen LogP contribution is 2.24. The molecular formula is C16H23NO2S. The number of aryl methyl sites for hydroxylation is 1. The van der Waals surface area contributed by atoms with E-state index in [2.05, 4.69) is 36.5 Å². The van der Waals surface area contributed by atoms with Gasteiger partial charge in [0.05, 0.1) is 11.9 Å². The maximum Gasteiger partial charge on any atom is 0.230 e. The molecule has 0 bridgehead atoms. The molecule has 1 saturated carbocycles. The van der Waals surface area contributed by atoms with Crippen molar-refractivity contribution in [1.29, 1.82) is 0 Å². The number of aliphatic hydroxyl groups is 1. The third-order valence-electron chi connectivity index (χ3n) is 3.69. The molecule has 20 heavy (non-hydrogen) atoms. The van der Waals surface area contributed by atoms with Crippen molar-refractivity contribution in [3.63, 3.8) is 0 Å². The molecule has 1 aromatic carbocycles. The monoisotopic (exact) mass is 293 g/mol. The van der Waals surface area contributed by atoms with Gasteiger partial charge in [0.2, 0.25) is 5.91 Å². The average molecular weight is 293 g/mol. The molecule has 110 valence electrons. The summed E-state index contributed by atoms with van der Waals surface area (Å²) in [5.74, 6) is 1.93. The fourth-order valence-corrected chi connectivity index (χ4v) is 3.41. The molecule has 0 spiro atoms. The molecule has 0 aliphatic heterocycles. The molecule has 4 heteroatoms. The van der Waals surface area contributed by atoms with E-state index in [1.165, 1.54) is 11.1 Å². The summed E-state index contributed by atoms with van der Waals surface area (Å²) in [5, 5.41) is 12.4. The van der Waals surface area contributed by atoms with Gasteiger partial charge in [-0.1, -0.05) is 29.8 Å². The Morgan fingerprint density at radius 2 is 2.30 bits per heavy atom. The minimum atomic E-state index is -0.160. The Labute approximate surface area is 125 Å². The SMILES string of the molecule is Cc1cccc(CSCC(=O)NCC2CCC(O)C2)c1. The Kier molecular flexibility index (Phi) is 5.92. The van der Waals surface area contributed by atoms with Crippen LogP contribution in [-0.4, -0.2) is 29.4 Å². The summed E-state index contributed by atoms with van der Waals surface area (Å²) >= 11 is 1.64. The maximum absolute atomic E-state index is 11.7. The van der Waals surface area contributed by atoms with Gasteiger partial charge in [-0.05, 0) is 37.7 Å². The molecule has 1 aromatic rings. The number of hydrogen-bond donors (Lipinski definition) is 2. The smallest absolute Gasteiger partial charge is 0.230 e. The van der Waals surface area contributed by atoms with Crippen LogP contribution in [-0.2, 0) is 10.5 Å². The van der Waals surface area contributed by atoms with E-state index in [0.717, 1.165) is 25.0 Å². The fraction of sp³-hybridized carbons (Fsp3) is 0.562. The molecule has 2 N–H and O–H groups in total. The Morgan fingerprint density at radius 3 is 3.00 bits per heavy atom. The van der Waals surface area contributed by atoms with E-state index in [4.69, 9.17) is 0 Å². The van der Waals surface area contributed by atoms with Crippen LogP contribution in [0.5, 0.6) is 0 Å². The summed E-state index contributed by atoms with van der Waals surface area (Å²) < 4.78 is 0. The average Bonchev–Trinajstić information content (AvgIpc) is 2.82. The first-order chi connectivity index (χ1) is 9.63. The number of rotatable bonds is 6. The minimum absolute atomic E-state index is 0.101. The first-order valence-electron chi connectivity index (χ1n) is 7.21. The summed E-state index contributed by atoms with van der Waals surface area (Å²) in [6.45, 7) is 2.79. The molecule has 2 unspecified atom stereocenters. The van der Waals surface area contributed by atoms with Gasteiger partial charge in [0.15, 0.2) is 0 Å². The van der Waals surface area contributed by atoms with Crippen molar-refractivity contribution in [3.05, 3.63) is 35.4 Å². The normalized spacial score (nSPS) is 21.9. The van der Waals surface area contributed by atoms with E-state index in [0.29, 0.717) is 18.2 Å². The topological polar surface area (TPSA) is 49.3 Å². The number of thioether (sulfide) groups is 1. The van der Waals surface area contributed by atoms with Crippen LogP contribution in [0.15, 0.2) is 24.3 Å². The van der Waals surface area contributed by atoms with Gasteiger partial charge < -0.3 is 10.4 Å². The van der Waals surface area contributed by atoms with Crippen molar-refractivity contribution < 1.29 is 9.90 Å². The van der Waals surface area contributed by atoms with E-state index < -0.39 is 0 Å². The van der Waals surface area contributed by atoms with E-state index in [-0.39, 0.29) is 12.0 Å². The van der Waals surface area contributed by atoms with Crippen LogP contribution in [0.3, 0.4) is 0 Å². The largest absolute Gasteiger partial charge is 0.393 e. The molecular weight excluding hydrogens is 270 g/mol. The van der Waals surface area contributed by atoms with E-state index in [1.807, 2.05) is 0 Å². The molecule has 0 heterocycles. The molecule has 0 radical (unpaired) electrons. The molecule has 1 amide bonds. The molecule has 2 rings (SSSR count). The molecule has 1 fully saturated rings. The second-order valence-electron chi connectivity index (χ2n) is 5.62. The number of benzene rings is 1. The quantitative estimate of drug-likeness (QED) is 0.847. The number of aliphatic hydroxyl groups excluding tert-OH is 1. The summed E-state index contributed by atoms with van der Waals surface area (Å²) in [5.41, 5.74) is 2.52.